The van der Waals surface area contributed by atoms with Crippen LogP contribution in [0.2, 0.25) is 0 Å². The van der Waals surface area contributed by atoms with E-state index in [-0.39, 0.29) is 30.7 Å². The second-order valence-corrected chi connectivity index (χ2v) is 5.35. The number of rotatable bonds is 6. The normalized spacial score (nSPS) is 10.6. The van der Waals surface area contributed by atoms with Crippen molar-refractivity contribution >= 4 is 16.9 Å². The first-order valence-electron chi connectivity index (χ1n) is 8.01. The highest BCUT2D eigenvalue weighted by molar-refractivity contribution is 5.90. The van der Waals surface area contributed by atoms with Crippen molar-refractivity contribution in [2.24, 2.45) is 0 Å². The fourth-order valence-electron chi connectivity index (χ4n) is 2.40. The zero-order chi connectivity index (χ0) is 18.5. The van der Waals surface area contributed by atoms with Crippen molar-refractivity contribution in [2.45, 2.75) is 13.5 Å². The van der Waals surface area contributed by atoms with E-state index in [4.69, 9.17) is 14.2 Å². The van der Waals surface area contributed by atoms with Crippen LogP contribution in [0.5, 0.6) is 11.6 Å². The number of hydrogen-bond acceptors (Lipinski definition) is 6. The highest BCUT2D eigenvalue weighted by Crippen LogP contribution is 2.24. The molecule has 0 aliphatic heterocycles. The summed E-state index contributed by atoms with van der Waals surface area (Å²) in [4.78, 5) is 20.3. The number of benzene rings is 2. The van der Waals surface area contributed by atoms with Crippen molar-refractivity contribution in [3.8, 4) is 11.6 Å². The first-order chi connectivity index (χ1) is 12.6. The van der Waals surface area contributed by atoms with E-state index in [0.29, 0.717) is 16.5 Å². The first-order valence-corrected chi connectivity index (χ1v) is 8.01. The lowest BCUT2D eigenvalue weighted by molar-refractivity contribution is 0.0511. The van der Waals surface area contributed by atoms with Gasteiger partial charge in [-0.3, -0.25) is 0 Å². The maximum atomic E-state index is 13.8. The van der Waals surface area contributed by atoms with Crippen molar-refractivity contribution in [3.63, 3.8) is 0 Å². The third-order valence-corrected chi connectivity index (χ3v) is 3.62. The molecule has 0 N–H and O–H groups in total. The average molecular weight is 356 g/mol. The van der Waals surface area contributed by atoms with Gasteiger partial charge in [0.2, 0.25) is 11.7 Å². The third-order valence-electron chi connectivity index (χ3n) is 3.62. The number of aromatic nitrogens is 2. The Hall–Kier alpha value is -3.22. The molecule has 0 amide bonds. The average Bonchev–Trinajstić information content (AvgIpc) is 2.66. The predicted octanol–water partition coefficient (Wildman–Crippen LogP) is 3.53. The molecule has 0 spiro atoms. The van der Waals surface area contributed by atoms with Gasteiger partial charge in [0.05, 0.1) is 24.6 Å². The summed E-state index contributed by atoms with van der Waals surface area (Å²) < 4.78 is 29.4. The topological polar surface area (TPSA) is 70.5 Å². The maximum absolute atomic E-state index is 13.8. The van der Waals surface area contributed by atoms with Crippen molar-refractivity contribution < 1.29 is 23.4 Å². The molecule has 1 aromatic heterocycles. The molecular formula is C19H17FN2O4. The molecule has 0 radical (unpaired) electrons. The van der Waals surface area contributed by atoms with Crippen molar-refractivity contribution in [3.05, 3.63) is 59.7 Å². The Kier molecular flexibility index (Phi) is 5.26. The summed E-state index contributed by atoms with van der Waals surface area (Å²) in [5.74, 6) is -0.797. The SMILES string of the molecule is CCOC(=O)c1nc(OCc2ccc(OC)c(F)c2)c2ccccc2n1. The molecule has 134 valence electrons. The summed E-state index contributed by atoms with van der Waals surface area (Å²) in [7, 11) is 1.40. The molecule has 26 heavy (non-hydrogen) atoms. The van der Waals surface area contributed by atoms with E-state index in [1.807, 2.05) is 6.07 Å². The van der Waals surface area contributed by atoms with E-state index in [2.05, 4.69) is 9.97 Å². The summed E-state index contributed by atoms with van der Waals surface area (Å²) in [5, 5.41) is 0.648. The fraction of sp³-hybridized carbons (Fsp3) is 0.211. The minimum atomic E-state index is -0.626. The van der Waals surface area contributed by atoms with Gasteiger partial charge in [0.1, 0.15) is 6.61 Å². The molecule has 0 aliphatic carbocycles. The number of fused-ring (bicyclic) bond motifs is 1. The van der Waals surface area contributed by atoms with Crippen LogP contribution in [0, 0.1) is 5.82 Å². The molecule has 0 aliphatic rings. The minimum absolute atomic E-state index is 0.0736. The quantitative estimate of drug-likeness (QED) is 0.629. The van der Waals surface area contributed by atoms with Gasteiger partial charge in [0.15, 0.2) is 11.6 Å². The van der Waals surface area contributed by atoms with Gasteiger partial charge in [-0.25, -0.2) is 14.2 Å². The summed E-state index contributed by atoms with van der Waals surface area (Å²) in [6.07, 6.45) is 0. The summed E-state index contributed by atoms with van der Waals surface area (Å²) >= 11 is 0. The Morgan fingerprint density at radius 1 is 1.15 bits per heavy atom. The number of ether oxygens (including phenoxy) is 3. The van der Waals surface area contributed by atoms with E-state index < -0.39 is 11.8 Å². The van der Waals surface area contributed by atoms with E-state index in [1.165, 1.54) is 19.2 Å². The van der Waals surface area contributed by atoms with Crippen molar-refractivity contribution in [1.82, 2.24) is 9.97 Å². The maximum Gasteiger partial charge on any atom is 0.376 e. The molecule has 0 unspecified atom stereocenters. The molecule has 3 rings (SSSR count). The number of para-hydroxylation sites is 1. The summed E-state index contributed by atoms with van der Waals surface area (Å²) in [6, 6.07) is 11.7. The van der Waals surface area contributed by atoms with E-state index in [1.54, 1.807) is 31.2 Å². The molecule has 0 bridgehead atoms. The first kappa shape index (κ1) is 17.6. The number of methoxy groups -OCH3 is 1. The van der Waals surface area contributed by atoms with Crippen molar-refractivity contribution in [1.29, 1.82) is 0 Å². The lowest BCUT2D eigenvalue weighted by Crippen LogP contribution is -2.11. The van der Waals surface area contributed by atoms with Gasteiger partial charge in [-0.2, -0.15) is 4.98 Å². The number of esters is 1. The van der Waals surface area contributed by atoms with Crippen LogP contribution in [0.15, 0.2) is 42.5 Å². The van der Waals surface area contributed by atoms with Gasteiger partial charge < -0.3 is 14.2 Å². The number of halogens is 1. The largest absolute Gasteiger partial charge is 0.494 e. The lowest BCUT2D eigenvalue weighted by atomic mass is 10.2. The van der Waals surface area contributed by atoms with Crippen molar-refractivity contribution in [2.75, 3.05) is 13.7 Å². The van der Waals surface area contributed by atoms with E-state index in [0.717, 1.165) is 0 Å². The fourth-order valence-corrected chi connectivity index (χ4v) is 2.40. The van der Waals surface area contributed by atoms with Crippen LogP contribution in [-0.2, 0) is 11.3 Å². The van der Waals surface area contributed by atoms with E-state index >= 15 is 0 Å². The number of carbonyl (C=O) groups is 1. The second kappa shape index (κ2) is 7.77. The van der Waals surface area contributed by atoms with Crippen LogP contribution in [0.25, 0.3) is 10.9 Å². The van der Waals surface area contributed by atoms with Crippen LogP contribution in [0.3, 0.4) is 0 Å². The van der Waals surface area contributed by atoms with Gasteiger partial charge in [0.25, 0.3) is 0 Å². The Morgan fingerprint density at radius 2 is 1.96 bits per heavy atom. The van der Waals surface area contributed by atoms with Gasteiger partial charge >= 0.3 is 5.97 Å². The smallest absolute Gasteiger partial charge is 0.376 e. The monoisotopic (exact) mass is 356 g/mol. The zero-order valence-corrected chi connectivity index (χ0v) is 14.4. The Bertz CT molecular complexity index is 946. The zero-order valence-electron chi connectivity index (χ0n) is 14.4. The van der Waals surface area contributed by atoms with Gasteiger partial charge in [0, 0.05) is 0 Å². The van der Waals surface area contributed by atoms with Crippen LogP contribution < -0.4 is 9.47 Å². The Morgan fingerprint density at radius 3 is 2.69 bits per heavy atom. The lowest BCUT2D eigenvalue weighted by Gasteiger charge is -2.10. The molecule has 0 atom stereocenters. The Balaban J connectivity index is 1.90. The van der Waals surface area contributed by atoms with E-state index in [9.17, 15) is 9.18 Å². The summed E-state index contributed by atoms with van der Waals surface area (Å²) in [5.41, 5.74) is 1.16. The third kappa shape index (κ3) is 3.72. The second-order valence-electron chi connectivity index (χ2n) is 5.35. The van der Waals surface area contributed by atoms with Gasteiger partial charge in [-0.15, -0.1) is 0 Å². The van der Waals surface area contributed by atoms with Crippen LogP contribution in [0.4, 0.5) is 4.39 Å². The molecule has 0 saturated carbocycles. The van der Waals surface area contributed by atoms with Gasteiger partial charge in [-0.1, -0.05) is 18.2 Å². The molecule has 0 fully saturated rings. The molecule has 3 aromatic rings. The van der Waals surface area contributed by atoms with Crippen LogP contribution in [-0.4, -0.2) is 29.7 Å². The minimum Gasteiger partial charge on any atom is -0.494 e. The van der Waals surface area contributed by atoms with Gasteiger partial charge in [-0.05, 0) is 36.8 Å². The highest BCUT2D eigenvalue weighted by atomic mass is 19.1. The number of hydrogen-bond donors (Lipinski definition) is 0. The molecule has 7 heteroatoms. The predicted molar refractivity (Wildman–Crippen MR) is 92.8 cm³/mol. The summed E-state index contributed by atoms with van der Waals surface area (Å²) in [6.45, 7) is 2.00. The molecule has 1 heterocycles. The highest BCUT2D eigenvalue weighted by Gasteiger charge is 2.16. The standard InChI is InChI=1S/C19H17FN2O4/c1-3-25-19(23)17-21-15-7-5-4-6-13(15)18(22-17)26-11-12-8-9-16(24-2)14(20)10-12/h4-10H,3,11H2,1-2H3. The van der Waals surface area contributed by atoms with Crippen LogP contribution >= 0.6 is 0 Å². The molecule has 0 saturated heterocycles. The molecular weight excluding hydrogens is 339 g/mol. The Labute approximate surface area is 149 Å². The number of carbonyl (C=O) groups excluding carboxylic acids is 1. The molecule has 6 nitrogen and oxygen atoms in total. The molecule has 2 aromatic carbocycles. The van der Waals surface area contributed by atoms with Crippen LogP contribution in [0.1, 0.15) is 23.1 Å². The number of nitrogens with zero attached hydrogens (tertiary/aromatic N) is 2.